The van der Waals surface area contributed by atoms with E-state index in [2.05, 4.69) is 39.1 Å². The standard InChI is InChI=1S/C30H36F3N5O3/c1-19-25(20(2)35-28(34-19)30(31,32)33)27(40)37-14-22-12-36(13-23(22)15-37)10-9-29(24-6-4-3-5-7-24)17-38(18-29)26(39)21-8-11-41-16-21/h3-7,21-23H,8-18H2,1-2H3. The summed E-state index contributed by atoms with van der Waals surface area (Å²) < 4.78 is 44.7. The monoisotopic (exact) mass is 571 g/mol. The number of alkyl halides is 3. The van der Waals surface area contributed by atoms with Gasteiger partial charge in [-0.25, -0.2) is 9.97 Å². The van der Waals surface area contributed by atoms with Gasteiger partial charge in [-0.3, -0.25) is 9.59 Å². The van der Waals surface area contributed by atoms with Crippen LogP contribution >= 0.6 is 0 Å². The first kappa shape index (κ1) is 28.1. The van der Waals surface area contributed by atoms with Crippen LogP contribution in [0.25, 0.3) is 0 Å². The van der Waals surface area contributed by atoms with Crippen LogP contribution in [0.15, 0.2) is 30.3 Å². The number of halogens is 3. The molecule has 0 spiro atoms. The number of amides is 2. The van der Waals surface area contributed by atoms with Crippen molar-refractivity contribution in [1.82, 2.24) is 24.7 Å². The van der Waals surface area contributed by atoms with Crippen molar-refractivity contribution in [1.29, 1.82) is 0 Å². The third-order valence-corrected chi connectivity index (χ3v) is 9.46. The van der Waals surface area contributed by atoms with E-state index in [0.29, 0.717) is 38.1 Å². The zero-order valence-electron chi connectivity index (χ0n) is 23.5. The highest BCUT2D eigenvalue weighted by Gasteiger charge is 2.49. The van der Waals surface area contributed by atoms with E-state index >= 15 is 0 Å². The van der Waals surface area contributed by atoms with Crippen LogP contribution in [0, 0.1) is 31.6 Å². The highest BCUT2D eigenvalue weighted by atomic mass is 19.4. The Labute approximate surface area is 237 Å². The van der Waals surface area contributed by atoms with E-state index in [1.54, 1.807) is 4.90 Å². The summed E-state index contributed by atoms with van der Waals surface area (Å²) in [5.41, 5.74) is 1.51. The van der Waals surface area contributed by atoms with Gasteiger partial charge in [0.05, 0.1) is 29.5 Å². The summed E-state index contributed by atoms with van der Waals surface area (Å²) in [5, 5.41) is 0. The van der Waals surface area contributed by atoms with Gasteiger partial charge in [-0.05, 0) is 50.6 Å². The van der Waals surface area contributed by atoms with E-state index in [1.807, 2.05) is 11.0 Å². The number of carbonyl (C=O) groups is 2. The van der Waals surface area contributed by atoms with Gasteiger partial charge in [-0.15, -0.1) is 0 Å². The quantitative estimate of drug-likeness (QED) is 0.530. The van der Waals surface area contributed by atoms with E-state index in [1.165, 1.54) is 19.4 Å². The van der Waals surface area contributed by atoms with E-state index in [0.717, 1.165) is 45.6 Å². The van der Waals surface area contributed by atoms with Crippen molar-refractivity contribution in [2.75, 3.05) is 59.0 Å². The molecule has 4 aliphatic rings. The number of fused-ring (bicyclic) bond motifs is 1. The van der Waals surface area contributed by atoms with Crippen LogP contribution in [0.2, 0.25) is 0 Å². The fraction of sp³-hybridized carbons (Fsp3) is 0.600. The average Bonchev–Trinajstić information content (AvgIpc) is 3.65. The van der Waals surface area contributed by atoms with Gasteiger partial charge >= 0.3 is 6.18 Å². The summed E-state index contributed by atoms with van der Waals surface area (Å²) in [7, 11) is 0. The van der Waals surface area contributed by atoms with Crippen LogP contribution in [0.4, 0.5) is 13.2 Å². The summed E-state index contributed by atoms with van der Waals surface area (Å²) in [6.07, 6.45) is -2.90. The van der Waals surface area contributed by atoms with Gasteiger partial charge in [0, 0.05) is 51.3 Å². The molecule has 6 rings (SSSR count). The molecule has 1 aromatic heterocycles. The molecule has 3 atom stereocenters. The SMILES string of the molecule is Cc1nc(C(F)(F)F)nc(C)c1C(=O)N1CC2CN(CCC3(c4ccccc4)CN(C(=O)C4CCOC4)C3)CC2C1. The van der Waals surface area contributed by atoms with E-state index in [-0.39, 0.29) is 40.1 Å². The van der Waals surface area contributed by atoms with Gasteiger partial charge in [0.1, 0.15) is 0 Å². The van der Waals surface area contributed by atoms with Crippen LogP contribution in [-0.4, -0.2) is 95.5 Å². The second kappa shape index (κ2) is 10.7. The molecular weight excluding hydrogens is 535 g/mol. The number of likely N-dealkylation sites (tertiary alicyclic amines) is 3. The molecule has 5 heterocycles. The van der Waals surface area contributed by atoms with Crippen molar-refractivity contribution in [3.05, 3.63) is 58.7 Å². The molecule has 0 bridgehead atoms. The minimum Gasteiger partial charge on any atom is -0.381 e. The highest BCUT2D eigenvalue weighted by Crippen LogP contribution is 2.40. The number of aryl methyl sites for hydroxylation is 2. The molecule has 0 radical (unpaired) electrons. The lowest BCUT2D eigenvalue weighted by atomic mass is 9.70. The van der Waals surface area contributed by atoms with E-state index in [9.17, 15) is 22.8 Å². The Morgan fingerprint density at radius 3 is 2.17 bits per heavy atom. The Morgan fingerprint density at radius 2 is 1.61 bits per heavy atom. The molecule has 0 N–H and O–H groups in total. The van der Waals surface area contributed by atoms with Gasteiger partial charge in [-0.2, -0.15) is 13.2 Å². The molecule has 8 nitrogen and oxygen atoms in total. The summed E-state index contributed by atoms with van der Waals surface area (Å²) in [5.74, 6) is -0.663. The van der Waals surface area contributed by atoms with Crippen LogP contribution in [-0.2, 0) is 21.1 Å². The lowest BCUT2D eigenvalue weighted by molar-refractivity contribution is -0.145. The molecule has 220 valence electrons. The number of ether oxygens (including phenoxy) is 1. The molecule has 2 amide bonds. The maximum Gasteiger partial charge on any atom is 0.451 e. The fourth-order valence-corrected chi connectivity index (χ4v) is 7.23. The lowest BCUT2D eigenvalue weighted by Gasteiger charge is -2.52. The normalized spacial score (nSPS) is 25.8. The summed E-state index contributed by atoms with van der Waals surface area (Å²) in [6.45, 7) is 9.34. The predicted octanol–water partition coefficient (Wildman–Crippen LogP) is 3.32. The van der Waals surface area contributed by atoms with Gasteiger partial charge in [0.15, 0.2) is 0 Å². The number of carbonyl (C=O) groups excluding carboxylic acids is 2. The molecular formula is C30H36F3N5O3. The largest absolute Gasteiger partial charge is 0.451 e. The van der Waals surface area contributed by atoms with Crippen molar-refractivity contribution < 1.29 is 27.5 Å². The van der Waals surface area contributed by atoms with Crippen molar-refractivity contribution in [2.45, 2.75) is 38.3 Å². The van der Waals surface area contributed by atoms with Crippen LogP contribution in [0.5, 0.6) is 0 Å². The van der Waals surface area contributed by atoms with Gasteiger partial charge in [0.2, 0.25) is 11.7 Å². The molecule has 11 heteroatoms. The molecule has 2 aromatic rings. The Morgan fingerprint density at radius 1 is 0.976 bits per heavy atom. The van der Waals surface area contributed by atoms with Crippen molar-refractivity contribution in [3.8, 4) is 0 Å². The number of rotatable bonds is 6. The topological polar surface area (TPSA) is 78.9 Å². The fourth-order valence-electron chi connectivity index (χ4n) is 7.23. The summed E-state index contributed by atoms with van der Waals surface area (Å²) in [4.78, 5) is 39.7. The van der Waals surface area contributed by atoms with Gasteiger partial charge in [0.25, 0.3) is 5.91 Å². The Bertz CT molecular complexity index is 1270. The molecule has 4 fully saturated rings. The third-order valence-electron chi connectivity index (χ3n) is 9.46. The molecule has 4 aliphatic heterocycles. The number of hydrogen-bond donors (Lipinski definition) is 0. The lowest BCUT2D eigenvalue weighted by Crippen LogP contribution is -2.63. The number of hydrogen-bond acceptors (Lipinski definition) is 6. The Hall–Kier alpha value is -3.05. The Kier molecular flexibility index (Phi) is 7.30. The molecule has 3 unspecified atom stereocenters. The van der Waals surface area contributed by atoms with E-state index < -0.39 is 12.0 Å². The first-order chi connectivity index (χ1) is 19.5. The third kappa shape index (κ3) is 5.34. The van der Waals surface area contributed by atoms with Crippen LogP contribution in [0.1, 0.15) is 46.0 Å². The molecule has 1 aromatic carbocycles. The number of benzene rings is 1. The molecule has 41 heavy (non-hydrogen) atoms. The second-order valence-corrected chi connectivity index (χ2v) is 12.2. The van der Waals surface area contributed by atoms with Crippen molar-refractivity contribution >= 4 is 11.8 Å². The minimum atomic E-state index is -4.65. The number of nitrogens with zero attached hydrogens (tertiary/aromatic N) is 5. The summed E-state index contributed by atoms with van der Waals surface area (Å²) in [6, 6.07) is 10.5. The van der Waals surface area contributed by atoms with Gasteiger partial charge < -0.3 is 19.4 Å². The highest BCUT2D eigenvalue weighted by molar-refractivity contribution is 5.96. The second-order valence-electron chi connectivity index (χ2n) is 12.2. The first-order valence-electron chi connectivity index (χ1n) is 14.4. The smallest absolute Gasteiger partial charge is 0.381 e. The first-order valence-corrected chi connectivity index (χ1v) is 14.4. The van der Waals surface area contributed by atoms with Crippen LogP contribution < -0.4 is 0 Å². The van der Waals surface area contributed by atoms with Crippen molar-refractivity contribution in [3.63, 3.8) is 0 Å². The Balaban J connectivity index is 1.06. The number of aromatic nitrogens is 2. The van der Waals surface area contributed by atoms with Crippen molar-refractivity contribution in [2.24, 2.45) is 17.8 Å². The molecule has 4 saturated heterocycles. The molecule has 0 aliphatic carbocycles. The van der Waals surface area contributed by atoms with E-state index in [4.69, 9.17) is 4.74 Å². The predicted molar refractivity (Wildman–Crippen MR) is 144 cm³/mol. The minimum absolute atomic E-state index is 0.0194. The zero-order valence-corrected chi connectivity index (χ0v) is 23.5. The average molecular weight is 572 g/mol. The maximum atomic E-state index is 13.3. The van der Waals surface area contributed by atoms with Crippen LogP contribution in [0.3, 0.4) is 0 Å². The zero-order chi connectivity index (χ0) is 28.9. The van der Waals surface area contributed by atoms with Gasteiger partial charge in [-0.1, -0.05) is 30.3 Å². The maximum absolute atomic E-state index is 13.3. The summed E-state index contributed by atoms with van der Waals surface area (Å²) >= 11 is 0. The molecule has 0 saturated carbocycles.